The first-order valence-corrected chi connectivity index (χ1v) is 6.09. The minimum Gasteiger partial charge on any atom is -0.298 e. The van der Waals surface area contributed by atoms with Crippen LogP contribution in [0.15, 0.2) is 23.1 Å². The molecule has 70 valence electrons. The molecule has 1 rings (SSSR count). The van der Waals surface area contributed by atoms with Crippen molar-refractivity contribution in [2.75, 3.05) is 0 Å². The van der Waals surface area contributed by atoms with Crippen molar-refractivity contribution < 1.29 is 4.79 Å². The second-order valence-electron chi connectivity index (χ2n) is 2.68. The Hall–Kier alpha value is 0.450. The molecule has 0 saturated carbocycles. The molecule has 0 aliphatic carbocycles. The highest BCUT2D eigenvalue weighted by Crippen LogP contribution is 2.29. The van der Waals surface area contributed by atoms with Gasteiger partial charge in [-0.3, -0.25) is 4.79 Å². The lowest BCUT2D eigenvalue weighted by molar-refractivity contribution is -0.116. The summed E-state index contributed by atoms with van der Waals surface area (Å²) in [5, 5.41) is 0. The molecule has 0 fully saturated rings. The molecule has 0 radical (unpaired) electrons. The Kier molecular flexibility index (Phi) is 4.25. The maximum absolute atomic E-state index is 11.1. The lowest BCUT2D eigenvalue weighted by Gasteiger charge is -2.08. The summed E-state index contributed by atoms with van der Waals surface area (Å²) in [5.74, 6) is 0.116. The van der Waals surface area contributed by atoms with Crippen LogP contribution in [-0.4, -0.2) is 5.78 Å². The number of carbonyl (C=O) groups excluding carboxylic acids is 1. The van der Waals surface area contributed by atoms with E-state index in [9.17, 15) is 4.79 Å². The van der Waals surface area contributed by atoms with Gasteiger partial charge in [-0.1, -0.05) is 22.0 Å². The highest BCUT2D eigenvalue weighted by molar-refractivity contribution is 14.1. The molecule has 0 N–H and O–H groups in total. The van der Waals surface area contributed by atoms with Crippen molar-refractivity contribution in [2.24, 2.45) is 0 Å². The number of ketones is 1. The average molecular weight is 371 g/mol. The van der Waals surface area contributed by atoms with Crippen molar-refractivity contribution in [1.29, 1.82) is 0 Å². The first kappa shape index (κ1) is 11.5. The predicted molar refractivity (Wildman–Crippen MR) is 68.8 cm³/mol. The lowest BCUT2D eigenvalue weighted by Crippen LogP contribution is -2.02. The molecular formula is C9H8BrIOS. The van der Waals surface area contributed by atoms with Crippen LogP contribution < -0.4 is 0 Å². The Bertz CT molecular complexity index is 340. The van der Waals surface area contributed by atoms with Crippen LogP contribution in [0.3, 0.4) is 0 Å². The molecule has 1 nitrogen and oxygen atoms in total. The van der Waals surface area contributed by atoms with E-state index in [-0.39, 0.29) is 10.6 Å². The van der Waals surface area contributed by atoms with Crippen LogP contribution in [0, 0.1) is 3.57 Å². The van der Waals surface area contributed by atoms with Gasteiger partial charge in [-0.15, -0.1) is 12.6 Å². The SMILES string of the molecule is CC(=O)C(Br)c1ccc(S)cc1I. The van der Waals surface area contributed by atoms with Gasteiger partial charge < -0.3 is 0 Å². The van der Waals surface area contributed by atoms with Gasteiger partial charge in [0.2, 0.25) is 0 Å². The molecule has 0 aromatic heterocycles. The summed E-state index contributed by atoms with van der Waals surface area (Å²) in [4.78, 5) is 11.8. The fourth-order valence-corrected chi connectivity index (χ4v) is 3.04. The van der Waals surface area contributed by atoms with E-state index in [1.165, 1.54) is 0 Å². The van der Waals surface area contributed by atoms with Gasteiger partial charge in [0.05, 0.1) is 4.83 Å². The lowest BCUT2D eigenvalue weighted by atomic mass is 10.1. The maximum atomic E-state index is 11.1. The second kappa shape index (κ2) is 4.79. The van der Waals surface area contributed by atoms with Crippen LogP contribution >= 0.6 is 51.1 Å². The van der Waals surface area contributed by atoms with Gasteiger partial charge in [0.15, 0.2) is 0 Å². The summed E-state index contributed by atoms with van der Waals surface area (Å²) in [5.41, 5.74) is 1.01. The molecule has 0 amide bonds. The number of benzene rings is 1. The quantitative estimate of drug-likeness (QED) is 0.478. The monoisotopic (exact) mass is 370 g/mol. The van der Waals surface area contributed by atoms with E-state index in [2.05, 4.69) is 51.1 Å². The van der Waals surface area contributed by atoms with E-state index < -0.39 is 0 Å². The van der Waals surface area contributed by atoms with Crippen molar-refractivity contribution >= 4 is 56.9 Å². The Balaban J connectivity index is 3.08. The number of carbonyl (C=O) groups is 1. The van der Waals surface area contributed by atoms with Crippen LogP contribution in [0.5, 0.6) is 0 Å². The van der Waals surface area contributed by atoms with Gasteiger partial charge >= 0.3 is 0 Å². The highest BCUT2D eigenvalue weighted by Gasteiger charge is 2.15. The third kappa shape index (κ3) is 2.95. The minimum atomic E-state index is -0.201. The molecule has 13 heavy (non-hydrogen) atoms. The number of Topliss-reactive ketones (excluding diaryl/α,β-unsaturated/α-hetero) is 1. The molecule has 1 aromatic carbocycles. The Morgan fingerprint density at radius 2 is 2.23 bits per heavy atom. The summed E-state index contributed by atoms with van der Waals surface area (Å²) in [7, 11) is 0. The molecule has 1 unspecified atom stereocenters. The van der Waals surface area contributed by atoms with Crippen molar-refractivity contribution in [1.82, 2.24) is 0 Å². The molecule has 1 aromatic rings. The number of thiol groups is 1. The molecule has 1 atom stereocenters. The van der Waals surface area contributed by atoms with Gasteiger partial charge in [0.25, 0.3) is 0 Å². The van der Waals surface area contributed by atoms with Gasteiger partial charge in [-0.2, -0.15) is 0 Å². The number of halogens is 2. The minimum absolute atomic E-state index is 0.116. The molecule has 0 bridgehead atoms. The predicted octanol–water partition coefficient (Wildman–Crippen LogP) is 3.60. The summed E-state index contributed by atoms with van der Waals surface area (Å²) in [6, 6.07) is 5.75. The summed E-state index contributed by atoms with van der Waals surface area (Å²) < 4.78 is 1.06. The van der Waals surface area contributed by atoms with E-state index in [1.807, 2.05) is 18.2 Å². The van der Waals surface area contributed by atoms with Crippen LogP contribution in [0.2, 0.25) is 0 Å². The van der Waals surface area contributed by atoms with Gasteiger partial charge in [-0.05, 0) is 47.2 Å². The topological polar surface area (TPSA) is 17.1 Å². The Morgan fingerprint density at radius 3 is 2.69 bits per heavy atom. The summed E-state index contributed by atoms with van der Waals surface area (Å²) in [6.07, 6.45) is 0. The fourth-order valence-electron chi connectivity index (χ4n) is 0.941. The molecule has 4 heteroatoms. The van der Waals surface area contributed by atoms with E-state index in [4.69, 9.17) is 0 Å². The standard InChI is InChI=1S/C9H8BrIOS/c1-5(12)9(10)7-3-2-6(13)4-8(7)11/h2-4,9,13H,1H3. The van der Waals surface area contributed by atoms with E-state index in [0.717, 1.165) is 14.0 Å². The van der Waals surface area contributed by atoms with Crippen molar-refractivity contribution in [3.63, 3.8) is 0 Å². The maximum Gasteiger partial charge on any atom is 0.147 e. The number of hydrogen-bond acceptors (Lipinski definition) is 2. The van der Waals surface area contributed by atoms with E-state index >= 15 is 0 Å². The molecule has 0 aliphatic heterocycles. The average Bonchev–Trinajstić information content (AvgIpc) is 2.03. The van der Waals surface area contributed by atoms with Crippen molar-refractivity contribution in [2.45, 2.75) is 16.6 Å². The van der Waals surface area contributed by atoms with Crippen LogP contribution in [-0.2, 0) is 4.79 Å². The third-order valence-electron chi connectivity index (χ3n) is 1.61. The van der Waals surface area contributed by atoms with Crippen LogP contribution in [0.4, 0.5) is 0 Å². The van der Waals surface area contributed by atoms with Crippen molar-refractivity contribution in [3.05, 3.63) is 27.3 Å². The van der Waals surface area contributed by atoms with Gasteiger partial charge in [0, 0.05) is 8.47 Å². The van der Waals surface area contributed by atoms with E-state index in [1.54, 1.807) is 6.92 Å². The fraction of sp³-hybridized carbons (Fsp3) is 0.222. The third-order valence-corrected chi connectivity index (χ3v) is 3.96. The first-order chi connectivity index (χ1) is 6.02. The zero-order valence-electron chi connectivity index (χ0n) is 6.92. The Morgan fingerprint density at radius 1 is 1.62 bits per heavy atom. The molecule has 0 heterocycles. The zero-order chi connectivity index (χ0) is 10.0. The second-order valence-corrected chi connectivity index (χ2v) is 5.27. The molecule has 0 saturated heterocycles. The largest absolute Gasteiger partial charge is 0.298 e. The summed E-state index contributed by atoms with van der Waals surface area (Å²) in [6.45, 7) is 1.57. The van der Waals surface area contributed by atoms with Gasteiger partial charge in [-0.25, -0.2) is 0 Å². The van der Waals surface area contributed by atoms with Crippen molar-refractivity contribution in [3.8, 4) is 0 Å². The Labute approximate surface area is 105 Å². The number of hydrogen-bond donors (Lipinski definition) is 1. The molecule has 0 aliphatic rings. The first-order valence-electron chi connectivity index (χ1n) is 3.65. The number of alkyl halides is 1. The van der Waals surface area contributed by atoms with Crippen LogP contribution in [0.25, 0.3) is 0 Å². The van der Waals surface area contributed by atoms with E-state index in [0.29, 0.717) is 0 Å². The van der Waals surface area contributed by atoms with Crippen LogP contribution in [0.1, 0.15) is 17.3 Å². The normalized spacial score (nSPS) is 12.6. The highest BCUT2D eigenvalue weighted by atomic mass is 127. The smallest absolute Gasteiger partial charge is 0.147 e. The number of rotatable bonds is 2. The molecule has 0 spiro atoms. The van der Waals surface area contributed by atoms with Gasteiger partial charge in [0.1, 0.15) is 5.78 Å². The zero-order valence-corrected chi connectivity index (χ0v) is 11.6. The molecular weight excluding hydrogens is 363 g/mol. The summed E-state index contributed by atoms with van der Waals surface area (Å²) >= 11 is 9.77.